The number of rotatable bonds is 3. The standard InChI is InChI=1S/C13H16BrNO/c1-9(2)12-8-16-13(15-12)7-10-5-3-4-6-11(10)14/h3-6,9,12H,7-8H2,1-2H3. The van der Waals surface area contributed by atoms with E-state index in [1.54, 1.807) is 0 Å². The Labute approximate surface area is 105 Å². The van der Waals surface area contributed by atoms with Gasteiger partial charge in [-0.05, 0) is 17.5 Å². The zero-order valence-electron chi connectivity index (χ0n) is 9.61. The van der Waals surface area contributed by atoms with E-state index < -0.39 is 0 Å². The van der Waals surface area contributed by atoms with E-state index in [1.807, 2.05) is 18.2 Å². The summed E-state index contributed by atoms with van der Waals surface area (Å²) in [5, 5.41) is 0. The van der Waals surface area contributed by atoms with Gasteiger partial charge in [0.2, 0.25) is 0 Å². The van der Waals surface area contributed by atoms with Gasteiger partial charge in [-0.15, -0.1) is 0 Å². The lowest BCUT2D eigenvalue weighted by Gasteiger charge is -2.06. The van der Waals surface area contributed by atoms with Crippen LogP contribution in [-0.2, 0) is 11.2 Å². The molecule has 0 N–H and O–H groups in total. The van der Waals surface area contributed by atoms with Crippen LogP contribution in [0, 0.1) is 5.92 Å². The Hall–Kier alpha value is -0.830. The minimum absolute atomic E-state index is 0.331. The van der Waals surface area contributed by atoms with Gasteiger partial charge < -0.3 is 4.74 Å². The summed E-state index contributed by atoms with van der Waals surface area (Å²) in [6.07, 6.45) is 0.782. The van der Waals surface area contributed by atoms with Gasteiger partial charge in [0.15, 0.2) is 5.90 Å². The second kappa shape index (κ2) is 5.00. The Morgan fingerprint density at radius 2 is 2.19 bits per heavy atom. The lowest BCUT2D eigenvalue weighted by molar-refractivity contribution is 0.287. The van der Waals surface area contributed by atoms with E-state index in [2.05, 4.69) is 40.8 Å². The number of hydrogen-bond acceptors (Lipinski definition) is 2. The molecule has 0 aromatic heterocycles. The van der Waals surface area contributed by atoms with Crippen LogP contribution in [0.2, 0.25) is 0 Å². The van der Waals surface area contributed by atoms with Crippen molar-refractivity contribution in [2.24, 2.45) is 10.9 Å². The van der Waals surface area contributed by atoms with Gasteiger partial charge in [0.05, 0.1) is 6.04 Å². The maximum absolute atomic E-state index is 5.61. The van der Waals surface area contributed by atoms with Crippen LogP contribution < -0.4 is 0 Å². The summed E-state index contributed by atoms with van der Waals surface area (Å²) >= 11 is 3.54. The largest absolute Gasteiger partial charge is 0.478 e. The quantitative estimate of drug-likeness (QED) is 0.832. The minimum Gasteiger partial charge on any atom is -0.478 e. The molecule has 2 nitrogen and oxygen atoms in total. The predicted octanol–water partition coefficient (Wildman–Crippen LogP) is 3.44. The molecule has 0 saturated carbocycles. The Bertz CT molecular complexity index is 401. The van der Waals surface area contributed by atoms with Crippen molar-refractivity contribution in [2.75, 3.05) is 6.61 Å². The van der Waals surface area contributed by atoms with Crippen molar-refractivity contribution in [3.8, 4) is 0 Å². The minimum atomic E-state index is 0.331. The van der Waals surface area contributed by atoms with Gasteiger partial charge in [0, 0.05) is 10.9 Å². The molecule has 1 aliphatic heterocycles. The van der Waals surface area contributed by atoms with Crippen LogP contribution in [0.1, 0.15) is 19.4 Å². The number of nitrogens with zero attached hydrogens (tertiary/aromatic N) is 1. The molecule has 2 rings (SSSR count). The molecule has 3 heteroatoms. The summed E-state index contributed by atoms with van der Waals surface area (Å²) in [6, 6.07) is 8.53. The molecule has 1 heterocycles. The number of aliphatic imine (C=N–C) groups is 1. The van der Waals surface area contributed by atoms with Gasteiger partial charge in [-0.3, -0.25) is 0 Å². The van der Waals surface area contributed by atoms with Crippen LogP contribution in [0.4, 0.5) is 0 Å². The van der Waals surface area contributed by atoms with Crippen LogP contribution in [0.15, 0.2) is 33.7 Å². The molecule has 0 amide bonds. The number of halogens is 1. The zero-order valence-corrected chi connectivity index (χ0v) is 11.2. The highest BCUT2D eigenvalue weighted by atomic mass is 79.9. The molecule has 0 fully saturated rings. The van der Waals surface area contributed by atoms with Crippen molar-refractivity contribution in [3.05, 3.63) is 34.3 Å². The van der Waals surface area contributed by atoms with Crippen molar-refractivity contribution in [1.82, 2.24) is 0 Å². The van der Waals surface area contributed by atoms with E-state index in [9.17, 15) is 0 Å². The smallest absolute Gasteiger partial charge is 0.188 e. The summed E-state index contributed by atoms with van der Waals surface area (Å²) in [5.74, 6) is 1.42. The normalized spacial score (nSPS) is 19.8. The van der Waals surface area contributed by atoms with Crippen molar-refractivity contribution in [1.29, 1.82) is 0 Å². The Morgan fingerprint density at radius 3 is 2.81 bits per heavy atom. The number of hydrogen-bond donors (Lipinski definition) is 0. The maximum Gasteiger partial charge on any atom is 0.188 e. The second-order valence-electron chi connectivity index (χ2n) is 4.41. The molecule has 1 aromatic carbocycles. The summed E-state index contributed by atoms with van der Waals surface area (Å²) in [5.41, 5.74) is 1.23. The fourth-order valence-electron chi connectivity index (χ4n) is 1.68. The Morgan fingerprint density at radius 1 is 1.44 bits per heavy atom. The molecular weight excluding hydrogens is 266 g/mol. The first kappa shape index (κ1) is 11.6. The third kappa shape index (κ3) is 2.64. The highest BCUT2D eigenvalue weighted by molar-refractivity contribution is 9.10. The van der Waals surface area contributed by atoms with E-state index in [4.69, 9.17) is 4.74 Å². The van der Waals surface area contributed by atoms with E-state index >= 15 is 0 Å². The summed E-state index contributed by atoms with van der Waals surface area (Å²) in [7, 11) is 0. The average Bonchev–Trinajstić information content (AvgIpc) is 2.70. The first-order chi connectivity index (χ1) is 7.66. The van der Waals surface area contributed by atoms with Gasteiger partial charge >= 0.3 is 0 Å². The number of ether oxygens (including phenoxy) is 1. The van der Waals surface area contributed by atoms with Crippen LogP contribution in [0.25, 0.3) is 0 Å². The molecule has 0 spiro atoms. The summed E-state index contributed by atoms with van der Waals surface area (Å²) < 4.78 is 6.73. The molecule has 0 saturated heterocycles. The van der Waals surface area contributed by atoms with Gasteiger partial charge in [-0.2, -0.15) is 0 Å². The highest BCUT2D eigenvalue weighted by Crippen LogP contribution is 2.20. The fourth-order valence-corrected chi connectivity index (χ4v) is 2.11. The number of benzene rings is 1. The fraction of sp³-hybridized carbons (Fsp3) is 0.462. The van der Waals surface area contributed by atoms with Crippen LogP contribution in [0.5, 0.6) is 0 Å². The molecule has 0 bridgehead atoms. The van der Waals surface area contributed by atoms with E-state index in [0.29, 0.717) is 12.0 Å². The third-order valence-electron chi connectivity index (χ3n) is 2.80. The van der Waals surface area contributed by atoms with E-state index in [-0.39, 0.29) is 0 Å². The molecular formula is C13H16BrNO. The van der Waals surface area contributed by atoms with Crippen molar-refractivity contribution in [2.45, 2.75) is 26.3 Å². The SMILES string of the molecule is CC(C)C1COC(Cc2ccccc2Br)=N1. The monoisotopic (exact) mass is 281 g/mol. The topological polar surface area (TPSA) is 21.6 Å². The average molecular weight is 282 g/mol. The molecule has 1 aliphatic rings. The molecule has 0 radical (unpaired) electrons. The van der Waals surface area contributed by atoms with Crippen molar-refractivity contribution >= 4 is 21.8 Å². The highest BCUT2D eigenvalue weighted by Gasteiger charge is 2.21. The lowest BCUT2D eigenvalue weighted by atomic mass is 10.1. The third-order valence-corrected chi connectivity index (χ3v) is 3.57. The van der Waals surface area contributed by atoms with Gasteiger partial charge in [-0.25, -0.2) is 4.99 Å². The van der Waals surface area contributed by atoms with Crippen molar-refractivity contribution in [3.63, 3.8) is 0 Å². The van der Waals surface area contributed by atoms with Crippen molar-refractivity contribution < 1.29 is 4.74 Å². The first-order valence-electron chi connectivity index (χ1n) is 5.59. The van der Waals surface area contributed by atoms with Gasteiger partial charge in [-0.1, -0.05) is 48.0 Å². The Kier molecular flexibility index (Phi) is 3.64. The molecule has 1 atom stereocenters. The maximum atomic E-state index is 5.61. The van der Waals surface area contributed by atoms with Crippen LogP contribution in [-0.4, -0.2) is 18.5 Å². The molecule has 0 aliphatic carbocycles. The first-order valence-corrected chi connectivity index (χ1v) is 6.39. The molecule has 1 unspecified atom stereocenters. The lowest BCUT2D eigenvalue weighted by Crippen LogP contribution is -2.13. The van der Waals surface area contributed by atoms with E-state index in [0.717, 1.165) is 23.4 Å². The molecule has 1 aromatic rings. The predicted molar refractivity (Wildman–Crippen MR) is 69.9 cm³/mol. The Balaban J connectivity index is 2.07. The molecule has 16 heavy (non-hydrogen) atoms. The van der Waals surface area contributed by atoms with Crippen LogP contribution in [0.3, 0.4) is 0 Å². The summed E-state index contributed by atoms with van der Waals surface area (Å²) in [6.45, 7) is 5.09. The van der Waals surface area contributed by atoms with Crippen LogP contribution >= 0.6 is 15.9 Å². The summed E-state index contributed by atoms with van der Waals surface area (Å²) in [4.78, 5) is 4.60. The van der Waals surface area contributed by atoms with Gasteiger partial charge in [0.25, 0.3) is 0 Å². The second-order valence-corrected chi connectivity index (χ2v) is 5.27. The van der Waals surface area contributed by atoms with Gasteiger partial charge in [0.1, 0.15) is 6.61 Å². The zero-order chi connectivity index (χ0) is 11.5. The van der Waals surface area contributed by atoms with E-state index in [1.165, 1.54) is 5.56 Å². The molecule has 86 valence electrons.